The number of thiazole rings is 2. The van der Waals surface area contributed by atoms with E-state index in [1.54, 1.807) is 19.1 Å². The lowest BCUT2D eigenvalue weighted by Crippen LogP contribution is -2.13. The van der Waals surface area contributed by atoms with Crippen molar-refractivity contribution in [3.63, 3.8) is 0 Å². The highest BCUT2D eigenvalue weighted by Gasteiger charge is 2.17. The Morgan fingerprint density at radius 3 is 2.64 bits per heavy atom. The van der Waals surface area contributed by atoms with Crippen LogP contribution < -0.4 is 5.32 Å². The Morgan fingerprint density at radius 2 is 1.96 bits per heavy atom. The highest BCUT2D eigenvalue weighted by molar-refractivity contribution is 7.17. The van der Waals surface area contributed by atoms with Crippen LogP contribution in [0.2, 0.25) is 0 Å². The van der Waals surface area contributed by atoms with Gasteiger partial charge in [0, 0.05) is 17.5 Å². The van der Waals surface area contributed by atoms with Crippen LogP contribution in [0.15, 0.2) is 29.6 Å². The van der Waals surface area contributed by atoms with Gasteiger partial charge in [-0.15, -0.1) is 22.7 Å². The van der Waals surface area contributed by atoms with Gasteiger partial charge in [0.2, 0.25) is 0 Å². The topological polar surface area (TPSA) is 58.1 Å². The molecule has 130 valence electrons. The summed E-state index contributed by atoms with van der Waals surface area (Å²) in [5.41, 5.74) is 2.35. The maximum atomic E-state index is 13.0. The van der Waals surface area contributed by atoms with Gasteiger partial charge in [0.15, 0.2) is 5.13 Å². The highest BCUT2D eigenvalue weighted by atomic mass is 32.1. The minimum absolute atomic E-state index is 0.228. The lowest BCUT2D eigenvalue weighted by molar-refractivity contribution is 0.103. The molecule has 3 aromatic rings. The second-order valence-electron chi connectivity index (χ2n) is 5.78. The largest absolute Gasteiger partial charge is 0.304 e. The summed E-state index contributed by atoms with van der Waals surface area (Å²) in [6, 6.07) is 6.08. The van der Waals surface area contributed by atoms with Gasteiger partial charge in [-0.25, -0.2) is 14.4 Å². The lowest BCUT2D eigenvalue weighted by atomic mass is 10.2. The summed E-state index contributed by atoms with van der Waals surface area (Å²) in [4.78, 5) is 23.9. The molecule has 0 unspecified atom stereocenters. The SMILES string of the molecule is Cc1nc(-c2ccc(F)cc2)sc1C(=O)Nc1nc(CN(C)C)cs1. The Hall–Kier alpha value is -2.16. The van der Waals surface area contributed by atoms with Crippen molar-refractivity contribution >= 4 is 33.7 Å². The van der Waals surface area contributed by atoms with Gasteiger partial charge >= 0.3 is 0 Å². The molecule has 2 aromatic heterocycles. The van der Waals surface area contributed by atoms with E-state index in [0.29, 0.717) is 20.7 Å². The molecule has 0 bridgehead atoms. The summed E-state index contributed by atoms with van der Waals surface area (Å²) in [5.74, 6) is -0.526. The molecule has 1 amide bonds. The zero-order valence-corrected chi connectivity index (χ0v) is 15.7. The Morgan fingerprint density at radius 1 is 1.24 bits per heavy atom. The van der Waals surface area contributed by atoms with Crippen molar-refractivity contribution in [1.82, 2.24) is 14.9 Å². The van der Waals surface area contributed by atoms with E-state index in [2.05, 4.69) is 15.3 Å². The van der Waals surface area contributed by atoms with Crippen LogP contribution >= 0.6 is 22.7 Å². The molecule has 0 fully saturated rings. The van der Waals surface area contributed by atoms with Gasteiger partial charge in [-0.3, -0.25) is 10.1 Å². The number of aromatic nitrogens is 2. The van der Waals surface area contributed by atoms with Crippen LogP contribution in [0.4, 0.5) is 9.52 Å². The van der Waals surface area contributed by atoms with E-state index >= 15 is 0 Å². The molecule has 3 rings (SSSR count). The highest BCUT2D eigenvalue weighted by Crippen LogP contribution is 2.29. The van der Waals surface area contributed by atoms with Gasteiger partial charge in [0.25, 0.3) is 5.91 Å². The molecule has 0 radical (unpaired) electrons. The number of rotatable bonds is 5. The second-order valence-corrected chi connectivity index (χ2v) is 7.63. The zero-order valence-electron chi connectivity index (χ0n) is 14.0. The number of carbonyl (C=O) groups excluding carboxylic acids is 1. The number of anilines is 1. The van der Waals surface area contributed by atoms with E-state index in [0.717, 1.165) is 17.8 Å². The second kappa shape index (κ2) is 7.38. The van der Waals surface area contributed by atoms with Gasteiger partial charge in [-0.1, -0.05) is 0 Å². The number of hydrogen-bond acceptors (Lipinski definition) is 6. The standard InChI is InChI=1S/C17H17FN4OS2/c1-10-14(25-16(19-10)11-4-6-12(18)7-5-11)15(23)21-17-20-13(9-24-17)8-22(2)3/h4-7,9H,8H2,1-3H3,(H,20,21,23). The quantitative estimate of drug-likeness (QED) is 0.730. The van der Waals surface area contributed by atoms with Crippen molar-refractivity contribution in [1.29, 1.82) is 0 Å². The number of aryl methyl sites for hydroxylation is 1. The van der Waals surface area contributed by atoms with Gasteiger partial charge in [-0.05, 0) is 45.3 Å². The van der Waals surface area contributed by atoms with E-state index in [4.69, 9.17) is 0 Å². The maximum Gasteiger partial charge on any atom is 0.269 e. The fourth-order valence-corrected chi connectivity index (χ4v) is 3.90. The summed E-state index contributed by atoms with van der Waals surface area (Å²) in [7, 11) is 3.94. The van der Waals surface area contributed by atoms with E-state index in [1.165, 1.54) is 34.8 Å². The van der Waals surface area contributed by atoms with Crippen molar-refractivity contribution in [3.8, 4) is 10.6 Å². The van der Waals surface area contributed by atoms with Crippen LogP contribution in [0, 0.1) is 12.7 Å². The number of hydrogen-bond donors (Lipinski definition) is 1. The number of nitrogens with zero attached hydrogens (tertiary/aromatic N) is 3. The zero-order chi connectivity index (χ0) is 18.0. The Kier molecular flexibility index (Phi) is 5.22. The summed E-state index contributed by atoms with van der Waals surface area (Å²) in [5, 5.41) is 6.01. The van der Waals surface area contributed by atoms with Crippen LogP contribution in [-0.2, 0) is 6.54 Å². The molecule has 2 heterocycles. The van der Waals surface area contributed by atoms with Gasteiger partial charge in [-0.2, -0.15) is 0 Å². The third-order valence-corrected chi connectivity index (χ3v) is 5.36. The van der Waals surface area contributed by atoms with Gasteiger partial charge in [0.1, 0.15) is 15.7 Å². The van der Waals surface area contributed by atoms with Crippen LogP contribution in [0.5, 0.6) is 0 Å². The number of benzene rings is 1. The van der Waals surface area contributed by atoms with Crippen LogP contribution in [-0.4, -0.2) is 34.9 Å². The fraction of sp³-hybridized carbons (Fsp3) is 0.235. The third-order valence-electron chi connectivity index (χ3n) is 3.34. The Labute approximate surface area is 153 Å². The summed E-state index contributed by atoms with van der Waals surface area (Å²) < 4.78 is 13.0. The van der Waals surface area contributed by atoms with E-state index < -0.39 is 0 Å². The van der Waals surface area contributed by atoms with Gasteiger partial charge < -0.3 is 4.90 Å². The molecule has 0 aliphatic heterocycles. The number of nitrogens with one attached hydrogen (secondary N) is 1. The predicted molar refractivity (Wildman–Crippen MR) is 99.7 cm³/mol. The molecule has 8 heteroatoms. The first-order chi connectivity index (χ1) is 11.9. The van der Waals surface area contributed by atoms with Crippen LogP contribution in [0.3, 0.4) is 0 Å². The molecule has 0 aliphatic carbocycles. The molecule has 25 heavy (non-hydrogen) atoms. The number of amides is 1. The number of halogens is 1. The molecule has 1 aromatic carbocycles. The molecule has 0 aliphatic rings. The van der Waals surface area contributed by atoms with Gasteiger partial charge in [0.05, 0.1) is 11.4 Å². The summed E-state index contributed by atoms with van der Waals surface area (Å²) >= 11 is 2.68. The average Bonchev–Trinajstić information content (AvgIpc) is 3.14. The molecule has 1 N–H and O–H groups in total. The van der Waals surface area contributed by atoms with Crippen molar-refractivity contribution in [2.75, 3.05) is 19.4 Å². The summed E-state index contributed by atoms with van der Waals surface area (Å²) in [6.07, 6.45) is 0. The third kappa shape index (κ3) is 4.28. The molecule has 0 atom stereocenters. The predicted octanol–water partition coefficient (Wildman–Crippen LogP) is 4.03. The van der Waals surface area contributed by atoms with Crippen LogP contribution in [0.1, 0.15) is 21.1 Å². The van der Waals surface area contributed by atoms with Crippen molar-refractivity contribution in [3.05, 3.63) is 51.7 Å². The Balaban J connectivity index is 1.76. The molecular weight excluding hydrogens is 359 g/mol. The van der Waals surface area contributed by atoms with E-state index in [-0.39, 0.29) is 11.7 Å². The molecular formula is C17H17FN4OS2. The maximum absolute atomic E-state index is 13.0. The average molecular weight is 376 g/mol. The van der Waals surface area contributed by atoms with E-state index in [1.807, 2.05) is 24.4 Å². The van der Waals surface area contributed by atoms with Crippen molar-refractivity contribution in [2.24, 2.45) is 0 Å². The number of carbonyl (C=O) groups is 1. The lowest BCUT2D eigenvalue weighted by Gasteiger charge is -2.05. The Bertz CT molecular complexity index is 886. The minimum atomic E-state index is -0.299. The smallest absolute Gasteiger partial charge is 0.269 e. The first-order valence-electron chi connectivity index (χ1n) is 7.56. The molecule has 0 saturated carbocycles. The summed E-state index contributed by atoms with van der Waals surface area (Å²) in [6.45, 7) is 2.51. The van der Waals surface area contributed by atoms with Crippen molar-refractivity contribution in [2.45, 2.75) is 13.5 Å². The molecule has 5 nitrogen and oxygen atoms in total. The minimum Gasteiger partial charge on any atom is -0.304 e. The molecule has 0 saturated heterocycles. The van der Waals surface area contributed by atoms with E-state index in [9.17, 15) is 9.18 Å². The van der Waals surface area contributed by atoms with Crippen molar-refractivity contribution < 1.29 is 9.18 Å². The fourth-order valence-electron chi connectivity index (χ4n) is 2.24. The van der Waals surface area contributed by atoms with Crippen LogP contribution in [0.25, 0.3) is 10.6 Å². The normalized spacial score (nSPS) is 11.1. The molecule has 0 spiro atoms. The first-order valence-corrected chi connectivity index (χ1v) is 9.26. The first kappa shape index (κ1) is 17.7. The monoisotopic (exact) mass is 376 g/mol.